The fourth-order valence-corrected chi connectivity index (χ4v) is 2.98. The van der Waals surface area contributed by atoms with Crippen LogP contribution in [0.3, 0.4) is 0 Å². The van der Waals surface area contributed by atoms with E-state index in [9.17, 15) is 4.79 Å². The summed E-state index contributed by atoms with van der Waals surface area (Å²) >= 11 is 2.97. The van der Waals surface area contributed by atoms with Crippen LogP contribution in [-0.2, 0) is 10.5 Å². The molecule has 0 spiro atoms. The van der Waals surface area contributed by atoms with E-state index in [0.29, 0.717) is 0 Å². The number of thioether (sulfide) groups is 2. The molecule has 1 atom stereocenters. The predicted molar refractivity (Wildman–Crippen MR) is 62.6 cm³/mol. The van der Waals surface area contributed by atoms with Gasteiger partial charge in [0.25, 0.3) is 0 Å². The van der Waals surface area contributed by atoms with Crippen LogP contribution in [0, 0.1) is 0 Å². The summed E-state index contributed by atoms with van der Waals surface area (Å²) < 4.78 is 0.0581. The molecule has 0 radical (unpaired) electrons. The number of benzene rings is 1. The highest BCUT2D eigenvalue weighted by Gasteiger charge is 2.17. The Bertz CT molecular complexity index is 350. The van der Waals surface area contributed by atoms with Crippen LogP contribution < -0.4 is 0 Å². The minimum Gasteiger partial charge on any atom is -0.280 e. The van der Waals surface area contributed by atoms with Gasteiger partial charge in [-0.25, -0.2) is 0 Å². The summed E-state index contributed by atoms with van der Waals surface area (Å²) in [5.41, 5.74) is 1.27. The van der Waals surface area contributed by atoms with E-state index < -0.39 is 0 Å². The van der Waals surface area contributed by atoms with E-state index in [1.54, 1.807) is 11.8 Å². The zero-order valence-electron chi connectivity index (χ0n) is 7.42. The molecule has 1 aliphatic heterocycles. The second-order valence-electron chi connectivity index (χ2n) is 2.82. The number of aliphatic imine (C=N–C) groups is 1. The summed E-state index contributed by atoms with van der Waals surface area (Å²) in [4.78, 5) is 14.9. The summed E-state index contributed by atoms with van der Waals surface area (Å²) in [5.74, 6) is 0.906. The average molecular weight is 223 g/mol. The third-order valence-corrected chi connectivity index (χ3v) is 4.02. The number of carbonyl (C=O) groups is 1. The number of hydrogen-bond donors (Lipinski definition) is 0. The molecule has 1 unspecified atom stereocenters. The van der Waals surface area contributed by atoms with Gasteiger partial charge in [0.1, 0.15) is 4.71 Å². The van der Waals surface area contributed by atoms with Crippen LogP contribution in [0.1, 0.15) is 5.56 Å². The van der Waals surface area contributed by atoms with E-state index >= 15 is 0 Å². The van der Waals surface area contributed by atoms with Crippen molar-refractivity contribution in [1.82, 2.24) is 0 Å². The van der Waals surface area contributed by atoms with Crippen molar-refractivity contribution in [2.45, 2.75) is 10.5 Å². The standard InChI is InChI=1S/C10H9NOS2/c12-9-6-11-10(14-9)13-7-8-4-2-1-3-5-8/h1-6,10H,7H2. The van der Waals surface area contributed by atoms with E-state index in [-0.39, 0.29) is 9.82 Å². The van der Waals surface area contributed by atoms with Gasteiger partial charge < -0.3 is 0 Å². The Balaban J connectivity index is 1.84. The minimum absolute atomic E-state index is 0.0581. The van der Waals surface area contributed by atoms with E-state index in [1.807, 2.05) is 18.2 Å². The Hall–Kier alpha value is -0.740. The van der Waals surface area contributed by atoms with Gasteiger partial charge in [0.05, 0.1) is 6.21 Å². The molecule has 1 aromatic carbocycles. The lowest BCUT2D eigenvalue weighted by molar-refractivity contribution is -0.105. The molecule has 2 rings (SSSR count). The summed E-state index contributed by atoms with van der Waals surface area (Å²) in [6.07, 6.45) is 1.41. The average Bonchev–Trinajstić information content (AvgIpc) is 2.63. The van der Waals surface area contributed by atoms with Crippen LogP contribution in [0.15, 0.2) is 35.3 Å². The number of hydrogen-bond acceptors (Lipinski definition) is 4. The van der Waals surface area contributed by atoms with Gasteiger partial charge in [0, 0.05) is 5.75 Å². The molecular formula is C10H9NOS2. The summed E-state index contributed by atoms with van der Waals surface area (Å²) in [6.45, 7) is 0. The third-order valence-electron chi connectivity index (χ3n) is 1.75. The van der Waals surface area contributed by atoms with Crippen molar-refractivity contribution in [3.05, 3.63) is 35.9 Å². The molecule has 0 saturated heterocycles. The maximum Gasteiger partial charge on any atom is 0.232 e. The lowest BCUT2D eigenvalue weighted by atomic mass is 10.2. The Morgan fingerprint density at radius 2 is 2.14 bits per heavy atom. The van der Waals surface area contributed by atoms with E-state index in [1.165, 1.54) is 23.5 Å². The molecule has 4 heteroatoms. The molecule has 0 aliphatic carbocycles. The van der Waals surface area contributed by atoms with Gasteiger partial charge in [-0.05, 0) is 17.3 Å². The van der Waals surface area contributed by atoms with Crippen molar-refractivity contribution in [3.8, 4) is 0 Å². The monoisotopic (exact) mass is 223 g/mol. The van der Waals surface area contributed by atoms with Gasteiger partial charge in [-0.2, -0.15) is 0 Å². The van der Waals surface area contributed by atoms with Gasteiger partial charge >= 0.3 is 0 Å². The number of carbonyl (C=O) groups excluding carboxylic acids is 1. The maximum atomic E-state index is 10.9. The predicted octanol–water partition coefficient (Wildman–Crippen LogP) is 2.55. The zero-order valence-corrected chi connectivity index (χ0v) is 9.05. The van der Waals surface area contributed by atoms with Crippen LogP contribution in [0.25, 0.3) is 0 Å². The Morgan fingerprint density at radius 1 is 1.36 bits per heavy atom. The Labute approximate surface area is 91.2 Å². The summed E-state index contributed by atoms with van der Waals surface area (Å²) in [5, 5.41) is 0.0653. The van der Waals surface area contributed by atoms with Crippen LogP contribution in [0.2, 0.25) is 0 Å². The van der Waals surface area contributed by atoms with Crippen molar-refractivity contribution in [2.75, 3.05) is 0 Å². The van der Waals surface area contributed by atoms with Crippen LogP contribution in [0.5, 0.6) is 0 Å². The molecule has 0 amide bonds. The van der Waals surface area contributed by atoms with Crippen molar-refractivity contribution in [2.24, 2.45) is 4.99 Å². The van der Waals surface area contributed by atoms with Crippen LogP contribution in [-0.4, -0.2) is 16.0 Å². The topological polar surface area (TPSA) is 29.4 Å². The highest BCUT2D eigenvalue weighted by molar-refractivity contribution is 8.26. The van der Waals surface area contributed by atoms with Crippen LogP contribution in [0.4, 0.5) is 0 Å². The van der Waals surface area contributed by atoms with Gasteiger partial charge in [0.2, 0.25) is 5.12 Å². The van der Waals surface area contributed by atoms with E-state index in [2.05, 4.69) is 17.1 Å². The second-order valence-corrected chi connectivity index (χ2v) is 5.27. The van der Waals surface area contributed by atoms with Crippen molar-refractivity contribution in [1.29, 1.82) is 0 Å². The molecular weight excluding hydrogens is 214 g/mol. The molecule has 14 heavy (non-hydrogen) atoms. The van der Waals surface area contributed by atoms with Gasteiger partial charge in [-0.3, -0.25) is 9.79 Å². The Morgan fingerprint density at radius 3 is 2.79 bits per heavy atom. The Kier molecular flexibility index (Phi) is 3.26. The van der Waals surface area contributed by atoms with Crippen molar-refractivity contribution in [3.63, 3.8) is 0 Å². The fourth-order valence-electron chi connectivity index (χ4n) is 1.10. The lowest BCUT2D eigenvalue weighted by Gasteiger charge is -2.04. The molecule has 0 saturated carbocycles. The smallest absolute Gasteiger partial charge is 0.232 e. The van der Waals surface area contributed by atoms with Gasteiger partial charge in [-0.15, -0.1) is 11.8 Å². The quantitative estimate of drug-likeness (QED) is 0.788. The highest BCUT2D eigenvalue weighted by atomic mass is 32.2. The van der Waals surface area contributed by atoms with E-state index in [0.717, 1.165) is 5.75 Å². The van der Waals surface area contributed by atoms with Crippen LogP contribution >= 0.6 is 23.5 Å². The van der Waals surface area contributed by atoms with Crippen molar-refractivity contribution >= 4 is 34.9 Å². The summed E-state index contributed by atoms with van der Waals surface area (Å²) in [7, 11) is 0. The lowest BCUT2D eigenvalue weighted by Crippen LogP contribution is -1.90. The van der Waals surface area contributed by atoms with Gasteiger partial charge in [-0.1, -0.05) is 30.3 Å². The number of rotatable bonds is 3. The molecule has 0 N–H and O–H groups in total. The highest BCUT2D eigenvalue weighted by Crippen LogP contribution is 2.31. The molecule has 0 fully saturated rings. The largest absolute Gasteiger partial charge is 0.280 e. The molecule has 1 aromatic rings. The number of nitrogens with zero attached hydrogens (tertiary/aromatic N) is 1. The molecule has 72 valence electrons. The first-order valence-corrected chi connectivity index (χ1v) is 6.17. The molecule has 1 heterocycles. The first-order valence-electron chi connectivity index (χ1n) is 4.24. The summed E-state index contributed by atoms with van der Waals surface area (Å²) in [6, 6.07) is 10.2. The molecule has 0 bridgehead atoms. The normalized spacial score (nSPS) is 20.3. The minimum atomic E-state index is 0.0581. The fraction of sp³-hybridized carbons (Fsp3) is 0.200. The van der Waals surface area contributed by atoms with E-state index in [4.69, 9.17) is 0 Å². The zero-order chi connectivity index (χ0) is 9.80. The molecule has 1 aliphatic rings. The SMILES string of the molecule is O=C1C=NC(SCc2ccccc2)S1. The molecule has 2 nitrogen and oxygen atoms in total. The third kappa shape index (κ3) is 2.62. The molecule has 0 aromatic heterocycles. The second kappa shape index (κ2) is 4.66. The van der Waals surface area contributed by atoms with Gasteiger partial charge in [0.15, 0.2) is 0 Å². The first-order chi connectivity index (χ1) is 6.84. The van der Waals surface area contributed by atoms with Crippen molar-refractivity contribution < 1.29 is 4.79 Å². The maximum absolute atomic E-state index is 10.9. The first kappa shape index (κ1) is 9.80.